The van der Waals surface area contributed by atoms with Crippen molar-refractivity contribution in [2.24, 2.45) is 5.14 Å². The number of hydrogen-bond donors (Lipinski definition) is 3. The zero-order valence-electron chi connectivity index (χ0n) is 13.9. The monoisotopic (exact) mass is 362 g/mol. The number of sulfonamides is 1. The Hall–Kier alpha value is -2.26. The maximum Gasteiger partial charge on any atom is 0.244 e. The maximum absolute atomic E-state index is 11.2. The third-order valence-corrected chi connectivity index (χ3v) is 5.14. The number of nitrogens with zero attached hydrogens (tertiary/aromatic N) is 3. The Labute approximate surface area is 147 Å². The zero-order valence-corrected chi connectivity index (χ0v) is 14.7. The van der Waals surface area contributed by atoms with Gasteiger partial charge in [0.2, 0.25) is 16.0 Å². The van der Waals surface area contributed by atoms with Crippen molar-refractivity contribution in [2.45, 2.75) is 43.0 Å². The molecule has 2 aromatic rings. The number of nitrogens with two attached hydrogens (primary N) is 1. The summed E-state index contributed by atoms with van der Waals surface area (Å²) in [7, 11) is -3.65. The van der Waals surface area contributed by atoms with Crippen molar-refractivity contribution >= 4 is 21.8 Å². The van der Waals surface area contributed by atoms with Gasteiger partial charge in [-0.2, -0.15) is 10.1 Å². The molecule has 4 N–H and O–H groups in total. The van der Waals surface area contributed by atoms with Gasteiger partial charge in [-0.15, -0.1) is 5.10 Å². The first kappa shape index (κ1) is 17.6. The smallest absolute Gasteiger partial charge is 0.244 e. The first-order valence-corrected chi connectivity index (χ1v) is 9.87. The summed E-state index contributed by atoms with van der Waals surface area (Å²) in [5.41, 5.74) is 0.994. The van der Waals surface area contributed by atoms with E-state index in [0.717, 1.165) is 11.4 Å². The number of benzene rings is 1. The molecular weight excluding hydrogens is 340 g/mol. The lowest BCUT2D eigenvalue weighted by molar-refractivity contribution is 0.598. The highest BCUT2D eigenvalue weighted by Crippen LogP contribution is 2.21. The maximum atomic E-state index is 11.2. The first-order chi connectivity index (χ1) is 12.0. The van der Waals surface area contributed by atoms with E-state index < -0.39 is 10.0 Å². The fourth-order valence-corrected chi connectivity index (χ4v) is 3.41. The van der Waals surface area contributed by atoms with Gasteiger partial charge in [0, 0.05) is 12.6 Å². The first-order valence-electron chi connectivity index (χ1n) is 8.32. The molecule has 1 aromatic heterocycles. The molecule has 134 valence electrons. The van der Waals surface area contributed by atoms with Crippen LogP contribution in [-0.4, -0.2) is 36.2 Å². The molecule has 0 radical (unpaired) electrons. The van der Waals surface area contributed by atoms with Crippen LogP contribution in [0.3, 0.4) is 0 Å². The number of anilines is 2. The molecule has 1 aliphatic carbocycles. The SMILES string of the molecule is NS(=O)(=O)c1ccc(CCNc2nncc(NC3CCCC3)n2)cc1. The van der Waals surface area contributed by atoms with Crippen LogP contribution in [0, 0.1) is 0 Å². The highest BCUT2D eigenvalue weighted by Gasteiger charge is 2.15. The van der Waals surface area contributed by atoms with Gasteiger partial charge in [0.05, 0.1) is 11.1 Å². The van der Waals surface area contributed by atoms with Crippen molar-refractivity contribution in [3.8, 4) is 0 Å². The van der Waals surface area contributed by atoms with Crippen molar-refractivity contribution in [3.63, 3.8) is 0 Å². The fraction of sp³-hybridized carbons (Fsp3) is 0.438. The van der Waals surface area contributed by atoms with Crippen molar-refractivity contribution in [3.05, 3.63) is 36.0 Å². The van der Waals surface area contributed by atoms with E-state index >= 15 is 0 Å². The van der Waals surface area contributed by atoms with Gasteiger partial charge in [-0.3, -0.25) is 0 Å². The molecule has 9 heteroatoms. The number of rotatable bonds is 7. The van der Waals surface area contributed by atoms with Crippen LogP contribution in [0.5, 0.6) is 0 Å². The minimum atomic E-state index is -3.65. The van der Waals surface area contributed by atoms with E-state index in [9.17, 15) is 8.42 Å². The van der Waals surface area contributed by atoms with E-state index in [1.54, 1.807) is 18.3 Å². The van der Waals surface area contributed by atoms with Crippen molar-refractivity contribution in [2.75, 3.05) is 17.2 Å². The molecule has 1 fully saturated rings. The van der Waals surface area contributed by atoms with Gasteiger partial charge in [-0.25, -0.2) is 13.6 Å². The molecule has 0 spiro atoms. The summed E-state index contributed by atoms with van der Waals surface area (Å²) in [5.74, 6) is 1.21. The molecule has 8 nitrogen and oxygen atoms in total. The number of hydrogen-bond acceptors (Lipinski definition) is 7. The minimum Gasteiger partial charge on any atom is -0.366 e. The van der Waals surface area contributed by atoms with Crippen LogP contribution in [0.15, 0.2) is 35.4 Å². The molecule has 1 aliphatic rings. The normalized spacial score (nSPS) is 15.2. The molecule has 0 aliphatic heterocycles. The summed E-state index contributed by atoms with van der Waals surface area (Å²) >= 11 is 0. The van der Waals surface area contributed by atoms with Gasteiger partial charge in [0.25, 0.3) is 0 Å². The molecule has 0 saturated heterocycles. The largest absolute Gasteiger partial charge is 0.366 e. The van der Waals surface area contributed by atoms with Crippen LogP contribution >= 0.6 is 0 Å². The Bertz CT molecular complexity index is 804. The second kappa shape index (κ2) is 7.75. The van der Waals surface area contributed by atoms with E-state index in [-0.39, 0.29) is 4.90 Å². The molecule has 1 aromatic carbocycles. The van der Waals surface area contributed by atoms with Gasteiger partial charge in [-0.05, 0) is 37.0 Å². The lowest BCUT2D eigenvalue weighted by Crippen LogP contribution is -2.17. The van der Waals surface area contributed by atoms with Crippen LogP contribution in [-0.2, 0) is 16.4 Å². The summed E-state index contributed by atoms with van der Waals surface area (Å²) in [6, 6.07) is 6.99. The third-order valence-electron chi connectivity index (χ3n) is 4.21. The molecule has 0 unspecified atom stereocenters. The molecule has 25 heavy (non-hydrogen) atoms. The molecule has 1 heterocycles. The Morgan fingerprint density at radius 2 is 1.88 bits per heavy atom. The molecule has 0 bridgehead atoms. The summed E-state index contributed by atoms with van der Waals surface area (Å²) in [6.07, 6.45) is 7.18. The zero-order chi connectivity index (χ0) is 17.7. The number of aromatic nitrogens is 3. The van der Waals surface area contributed by atoms with Gasteiger partial charge < -0.3 is 10.6 Å². The molecule has 1 saturated carbocycles. The number of primary sulfonamides is 1. The minimum absolute atomic E-state index is 0.113. The second-order valence-corrected chi connectivity index (χ2v) is 7.72. The van der Waals surface area contributed by atoms with Gasteiger partial charge in [0.15, 0.2) is 5.82 Å². The second-order valence-electron chi connectivity index (χ2n) is 6.16. The number of nitrogens with one attached hydrogen (secondary N) is 2. The van der Waals surface area contributed by atoms with E-state index in [0.29, 0.717) is 25.0 Å². The van der Waals surface area contributed by atoms with Crippen molar-refractivity contribution < 1.29 is 8.42 Å². The van der Waals surface area contributed by atoms with Gasteiger partial charge >= 0.3 is 0 Å². The van der Waals surface area contributed by atoms with Crippen LogP contribution in [0.25, 0.3) is 0 Å². The van der Waals surface area contributed by atoms with Gasteiger partial charge in [0.1, 0.15) is 0 Å². The van der Waals surface area contributed by atoms with Crippen LogP contribution in [0.2, 0.25) is 0 Å². The van der Waals surface area contributed by atoms with E-state index in [1.807, 2.05) is 0 Å². The van der Waals surface area contributed by atoms with Crippen LogP contribution in [0.1, 0.15) is 31.2 Å². The molecule has 0 amide bonds. The highest BCUT2D eigenvalue weighted by atomic mass is 32.2. The summed E-state index contributed by atoms with van der Waals surface area (Å²) in [5, 5.41) is 19.6. The third kappa shape index (κ3) is 5.10. The van der Waals surface area contributed by atoms with E-state index in [4.69, 9.17) is 5.14 Å². The predicted octanol–water partition coefficient (Wildman–Crippen LogP) is 1.53. The standard InChI is InChI=1S/C16H22N6O2S/c17-25(23,24)14-7-5-12(6-8-14)9-10-18-16-21-15(11-19-22-16)20-13-3-1-2-4-13/h5-8,11,13H,1-4,9-10H2,(H2,17,23,24)(H2,18,20,21,22). The summed E-state index contributed by atoms with van der Waals surface area (Å²) in [4.78, 5) is 4.54. The average molecular weight is 362 g/mol. The Balaban J connectivity index is 1.51. The molecule has 3 rings (SSSR count). The van der Waals surface area contributed by atoms with Crippen LogP contribution < -0.4 is 15.8 Å². The average Bonchev–Trinajstić information content (AvgIpc) is 3.08. The highest BCUT2D eigenvalue weighted by molar-refractivity contribution is 7.89. The molecule has 0 atom stereocenters. The quantitative estimate of drug-likeness (QED) is 0.682. The Kier molecular flexibility index (Phi) is 5.44. The summed E-state index contributed by atoms with van der Waals surface area (Å²) < 4.78 is 22.5. The molecular formula is C16H22N6O2S. The van der Waals surface area contributed by atoms with Crippen molar-refractivity contribution in [1.29, 1.82) is 0 Å². The Morgan fingerprint density at radius 1 is 1.16 bits per heavy atom. The lowest BCUT2D eigenvalue weighted by Gasteiger charge is -2.12. The van der Waals surface area contributed by atoms with Crippen molar-refractivity contribution in [1.82, 2.24) is 15.2 Å². The van der Waals surface area contributed by atoms with E-state index in [2.05, 4.69) is 25.8 Å². The fourth-order valence-electron chi connectivity index (χ4n) is 2.89. The lowest BCUT2D eigenvalue weighted by atomic mass is 10.1. The Morgan fingerprint density at radius 3 is 2.56 bits per heavy atom. The van der Waals surface area contributed by atoms with E-state index in [1.165, 1.54) is 37.8 Å². The topological polar surface area (TPSA) is 123 Å². The van der Waals surface area contributed by atoms with Crippen LogP contribution in [0.4, 0.5) is 11.8 Å². The summed E-state index contributed by atoms with van der Waals surface area (Å²) in [6.45, 7) is 0.614. The van der Waals surface area contributed by atoms with Gasteiger partial charge in [-0.1, -0.05) is 25.0 Å². The predicted molar refractivity (Wildman–Crippen MR) is 95.7 cm³/mol.